The number of benzene rings is 4. The standard InChI is InChI=1S/C38H42N2O8/c1-21(23-13-9-7-10-14-23)39-37(43)27-17-25-18-30(47-5)35(42)36(48-6)32(25)31(26-19-28(45-3)34(41)29(20-26)46-4)33(27)38(44)40-22(2)24-15-11-8-12-16-24/h7-16,18-22,27,31,33,41-42H,17H2,1-6H3,(H,39,43)(H,40,44)/t21-,22-,27?,31?,33?/m1/s1. The SMILES string of the molecule is COc1cc(C2c3c(cc(OC)c(O)c3OC)CC(C(=O)N[C@H](C)c3ccccc3)C2C(=O)N[C@H](C)c2ccccc2)cc(OC)c1O. The van der Waals surface area contributed by atoms with Crippen LogP contribution < -0.4 is 29.6 Å². The Kier molecular flexibility index (Phi) is 10.3. The summed E-state index contributed by atoms with van der Waals surface area (Å²) in [4.78, 5) is 29.1. The first-order valence-corrected chi connectivity index (χ1v) is 15.8. The van der Waals surface area contributed by atoms with Gasteiger partial charge in [0.1, 0.15) is 0 Å². The first-order valence-electron chi connectivity index (χ1n) is 15.8. The van der Waals surface area contributed by atoms with Crippen molar-refractivity contribution in [1.29, 1.82) is 0 Å². The quantitative estimate of drug-likeness (QED) is 0.159. The number of phenols is 2. The minimum atomic E-state index is -1.01. The van der Waals surface area contributed by atoms with E-state index < -0.39 is 17.8 Å². The smallest absolute Gasteiger partial charge is 0.225 e. The number of fused-ring (bicyclic) bond motifs is 1. The Balaban J connectivity index is 1.73. The number of aromatic hydroxyl groups is 2. The molecule has 2 amide bonds. The van der Waals surface area contributed by atoms with Crippen molar-refractivity contribution in [3.8, 4) is 34.5 Å². The van der Waals surface area contributed by atoms with Gasteiger partial charge >= 0.3 is 0 Å². The molecule has 0 spiro atoms. The highest BCUT2D eigenvalue weighted by atomic mass is 16.5. The number of ether oxygens (including phenoxy) is 4. The molecule has 3 unspecified atom stereocenters. The molecule has 10 nitrogen and oxygen atoms in total. The van der Waals surface area contributed by atoms with E-state index in [1.54, 1.807) is 18.2 Å². The van der Waals surface area contributed by atoms with Crippen LogP contribution in [0.4, 0.5) is 0 Å². The van der Waals surface area contributed by atoms with Crippen LogP contribution in [0.2, 0.25) is 0 Å². The molecule has 5 atom stereocenters. The highest BCUT2D eigenvalue weighted by Gasteiger charge is 2.48. The van der Waals surface area contributed by atoms with Crippen molar-refractivity contribution in [3.05, 3.63) is 107 Å². The van der Waals surface area contributed by atoms with Gasteiger partial charge in [-0.1, -0.05) is 60.7 Å². The number of hydrogen-bond acceptors (Lipinski definition) is 8. The molecular formula is C38H42N2O8. The van der Waals surface area contributed by atoms with Gasteiger partial charge in [-0.15, -0.1) is 0 Å². The number of hydrogen-bond donors (Lipinski definition) is 4. The fraction of sp³-hybridized carbons (Fsp3) is 0.316. The number of methoxy groups -OCH3 is 4. The lowest BCUT2D eigenvalue weighted by Crippen LogP contribution is -2.49. The molecule has 0 saturated heterocycles. The highest BCUT2D eigenvalue weighted by Crippen LogP contribution is 2.54. The summed E-state index contributed by atoms with van der Waals surface area (Å²) in [6.45, 7) is 3.78. The zero-order valence-corrected chi connectivity index (χ0v) is 27.9. The Morgan fingerprint density at radius 2 is 1.17 bits per heavy atom. The van der Waals surface area contributed by atoms with E-state index in [0.29, 0.717) is 16.7 Å². The van der Waals surface area contributed by atoms with Gasteiger partial charge in [0.2, 0.25) is 23.3 Å². The Morgan fingerprint density at radius 3 is 1.65 bits per heavy atom. The van der Waals surface area contributed by atoms with Gasteiger partial charge < -0.3 is 39.8 Å². The molecule has 0 bridgehead atoms. The maximum absolute atomic E-state index is 14.7. The molecule has 252 valence electrons. The largest absolute Gasteiger partial charge is 0.502 e. The summed E-state index contributed by atoms with van der Waals surface area (Å²) in [5.41, 5.74) is 3.49. The topological polar surface area (TPSA) is 136 Å². The normalized spacial score (nSPS) is 18.1. The minimum absolute atomic E-state index is 0.115. The summed E-state index contributed by atoms with van der Waals surface area (Å²) >= 11 is 0. The second-order valence-corrected chi connectivity index (χ2v) is 11.9. The summed E-state index contributed by atoms with van der Waals surface area (Å²) in [6.07, 6.45) is 0.149. The van der Waals surface area contributed by atoms with Crippen LogP contribution in [0.1, 0.15) is 59.7 Å². The number of carbonyl (C=O) groups is 2. The Morgan fingerprint density at radius 1 is 0.688 bits per heavy atom. The summed E-state index contributed by atoms with van der Waals surface area (Å²) in [5, 5.41) is 28.4. The summed E-state index contributed by atoms with van der Waals surface area (Å²) in [7, 11) is 5.69. The van der Waals surface area contributed by atoms with E-state index in [1.165, 1.54) is 28.4 Å². The van der Waals surface area contributed by atoms with Crippen molar-refractivity contribution in [3.63, 3.8) is 0 Å². The fourth-order valence-corrected chi connectivity index (χ4v) is 6.67. The van der Waals surface area contributed by atoms with E-state index in [2.05, 4.69) is 10.6 Å². The van der Waals surface area contributed by atoms with Crippen LogP contribution in [0.15, 0.2) is 78.9 Å². The van der Waals surface area contributed by atoms with E-state index in [9.17, 15) is 19.8 Å². The second kappa shape index (κ2) is 14.6. The number of amides is 2. The zero-order chi connectivity index (χ0) is 34.5. The molecule has 0 heterocycles. The van der Waals surface area contributed by atoms with Crippen molar-refractivity contribution in [2.75, 3.05) is 28.4 Å². The van der Waals surface area contributed by atoms with Crippen LogP contribution in [0.3, 0.4) is 0 Å². The van der Waals surface area contributed by atoms with E-state index in [-0.39, 0.29) is 64.8 Å². The molecular weight excluding hydrogens is 612 g/mol. The molecule has 4 aromatic rings. The van der Waals surface area contributed by atoms with Gasteiger partial charge in [0.15, 0.2) is 23.0 Å². The highest BCUT2D eigenvalue weighted by molar-refractivity contribution is 5.91. The third-order valence-corrected chi connectivity index (χ3v) is 9.13. The van der Waals surface area contributed by atoms with E-state index in [1.807, 2.05) is 74.5 Å². The molecule has 0 aliphatic heterocycles. The molecule has 10 heteroatoms. The van der Waals surface area contributed by atoms with Gasteiger partial charge in [-0.3, -0.25) is 9.59 Å². The van der Waals surface area contributed by atoms with Gasteiger partial charge in [-0.2, -0.15) is 0 Å². The molecule has 1 aliphatic rings. The van der Waals surface area contributed by atoms with Crippen LogP contribution in [-0.2, 0) is 16.0 Å². The molecule has 0 saturated carbocycles. The Labute approximate surface area is 280 Å². The van der Waals surface area contributed by atoms with Crippen molar-refractivity contribution in [1.82, 2.24) is 10.6 Å². The molecule has 0 fully saturated rings. The molecule has 0 radical (unpaired) electrons. The maximum Gasteiger partial charge on any atom is 0.225 e. The number of carbonyl (C=O) groups excluding carboxylic acids is 2. The summed E-state index contributed by atoms with van der Waals surface area (Å²) in [6, 6.07) is 23.3. The molecule has 5 rings (SSSR count). The lowest BCUT2D eigenvalue weighted by Gasteiger charge is -2.40. The Bertz CT molecular complexity index is 1740. The first kappa shape index (κ1) is 34.0. The average molecular weight is 655 g/mol. The van der Waals surface area contributed by atoms with Crippen molar-refractivity contribution >= 4 is 11.8 Å². The maximum atomic E-state index is 14.7. The van der Waals surface area contributed by atoms with Crippen LogP contribution in [0.5, 0.6) is 34.5 Å². The summed E-state index contributed by atoms with van der Waals surface area (Å²) < 4.78 is 22.3. The van der Waals surface area contributed by atoms with Crippen LogP contribution in [0, 0.1) is 11.8 Å². The van der Waals surface area contributed by atoms with E-state index in [0.717, 1.165) is 11.1 Å². The van der Waals surface area contributed by atoms with E-state index >= 15 is 0 Å². The predicted octanol–water partition coefficient (Wildman–Crippen LogP) is 5.81. The van der Waals surface area contributed by atoms with Gasteiger partial charge in [-0.05, 0) is 60.7 Å². The third-order valence-electron chi connectivity index (χ3n) is 9.13. The third kappa shape index (κ3) is 6.56. The molecule has 4 aromatic carbocycles. The molecule has 1 aliphatic carbocycles. The molecule has 48 heavy (non-hydrogen) atoms. The molecule has 0 aromatic heterocycles. The minimum Gasteiger partial charge on any atom is -0.502 e. The van der Waals surface area contributed by atoms with Crippen LogP contribution in [0.25, 0.3) is 0 Å². The number of nitrogens with one attached hydrogen (secondary N) is 2. The van der Waals surface area contributed by atoms with Crippen molar-refractivity contribution in [2.45, 2.75) is 38.3 Å². The van der Waals surface area contributed by atoms with Gasteiger partial charge in [0, 0.05) is 11.5 Å². The predicted molar refractivity (Wildman–Crippen MR) is 181 cm³/mol. The zero-order valence-electron chi connectivity index (χ0n) is 27.9. The summed E-state index contributed by atoms with van der Waals surface area (Å²) in [5.74, 6) is -3.38. The number of phenolic OH excluding ortho intramolecular Hbond substituents is 2. The first-order chi connectivity index (χ1) is 23.1. The van der Waals surface area contributed by atoms with Crippen LogP contribution in [-0.4, -0.2) is 50.5 Å². The Hall–Kier alpha value is -5.38. The van der Waals surface area contributed by atoms with Crippen LogP contribution >= 0.6 is 0 Å². The lowest BCUT2D eigenvalue weighted by molar-refractivity contribution is -0.136. The monoisotopic (exact) mass is 654 g/mol. The average Bonchev–Trinajstić information content (AvgIpc) is 3.11. The van der Waals surface area contributed by atoms with E-state index in [4.69, 9.17) is 18.9 Å². The molecule has 4 N–H and O–H groups in total. The second-order valence-electron chi connectivity index (χ2n) is 11.9. The fourth-order valence-electron chi connectivity index (χ4n) is 6.67. The number of rotatable bonds is 11. The van der Waals surface area contributed by atoms with Crippen molar-refractivity contribution in [2.24, 2.45) is 11.8 Å². The van der Waals surface area contributed by atoms with Gasteiger partial charge in [0.25, 0.3) is 0 Å². The lowest BCUT2D eigenvalue weighted by atomic mass is 9.65. The van der Waals surface area contributed by atoms with Crippen molar-refractivity contribution < 1.29 is 38.7 Å². The van der Waals surface area contributed by atoms with Gasteiger partial charge in [0.05, 0.1) is 52.4 Å². The van der Waals surface area contributed by atoms with Gasteiger partial charge in [-0.25, -0.2) is 0 Å².